The molecule has 1 aliphatic heterocycles. The molecule has 1 aliphatic rings. The minimum absolute atomic E-state index is 0.0178. The van der Waals surface area contributed by atoms with Crippen molar-refractivity contribution >= 4 is 33.2 Å². The van der Waals surface area contributed by atoms with E-state index in [9.17, 15) is 13.2 Å². The van der Waals surface area contributed by atoms with Gasteiger partial charge in [-0.1, -0.05) is 12.2 Å². The van der Waals surface area contributed by atoms with Crippen molar-refractivity contribution in [3.05, 3.63) is 0 Å². The molecule has 0 bridgehead atoms. The van der Waals surface area contributed by atoms with Gasteiger partial charge in [-0.15, -0.1) is 0 Å². The molecule has 0 aromatic heterocycles. The Morgan fingerprint density at radius 2 is 2.26 bits per heavy atom. The highest BCUT2D eigenvalue weighted by atomic mass is 32.2. The lowest BCUT2D eigenvalue weighted by atomic mass is 10.2. The minimum atomic E-state index is -3.60. The molecule has 1 saturated heterocycles. The van der Waals surface area contributed by atoms with Crippen LogP contribution in [0.25, 0.3) is 0 Å². The van der Waals surface area contributed by atoms with E-state index in [1.165, 1.54) is 18.3 Å². The van der Waals surface area contributed by atoms with E-state index < -0.39 is 27.3 Å². The van der Waals surface area contributed by atoms with E-state index in [0.29, 0.717) is 0 Å². The topological polar surface area (TPSA) is 98.9 Å². The van der Waals surface area contributed by atoms with E-state index in [0.717, 1.165) is 0 Å². The molecule has 0 aromatic carbocycles. The van der Waals surface area contributed by atoms with Gasteiger partial charge in [-0.3, -0.25) is 4.79 Å². The maximum absolute atomic E-state index is 12.2. The summed E-state index contributed by atoms with van der Waals surface area (Å²) in [5.74, 6) is -0.438. The molecule has 0 radical (unpaired) electrons. The molecule has 0 saturated carbocycles. The summed E-state index contributed by atoms with van der Waals surface area (Å²) in [6.45, 7) is 2.00. The lowest BCUT2D eigenvalue weighted by molar-refractivity contribution is -0.145. The van der Waals surface area contributed by atoms with Crippen LogP contribution in [-0.4, -0.2) is 61.8 Å². The Balaban J connectivity index is 2.74. The van der Waals surface area contributed by atoms with E-state index in [2.05, 4.69) is 4.74 Å². The van der Waals surface area contributed by atoms with Gasteiger partial charge >= 0.3 is 5.97 Å². The molecule has 110 valence electrons. The maximum Gasteiger partial charge on any atom is 0.308 e. The zero-order chi connectivity index (χ0) is 14.6. The van der Waals surface area contributed by atoms with Crippen molar-refractivity contribution in [1.82, 2.24) is 4.31 Å². The fourth-order valence-corrected chi connectivity index (χ4v) is 3.50. The van der Waals surface area contributed by atoms with Gasteiger partial charge in [0.2, 0.25) is 10.0 Å². The maximum atomic E-state index is 12.2. The van der Waals surface area contributed by atoms with Crippen molar-refractivity contribution in [1.29, 1.82) is 0 Å². The van der Waals surface area contributed by atoms with Crippen LogP contribution in [0.15, 0.2) is 0 Å². The Bertz CT molecular complexity index is 451. The first-order valence-electron chi connectivity index (χ1n) is 5.75. The van der Waals surface area contributed by atoms with Gasteiger partial charge < -0.3 is 15.2 Å². The molecule has 0 aliphatic carbocycles. The van der Waals surface area contributed by atoms with Gasteiger partial charge in [0.05, 0.1) is 31.2 Å². The van der Waals surface area contributed by atoms with E-state index in [4.69, 9.17) is 22.7 Å². The minimum Gasteiger partial charge on any atom is -0.469 e. The molecule has 2 N–H and O–H groups in total. The highest BCUT2D eigenvalue weighted by Gasteiger charge is 2.35. The van der Waals surface area contributed by atoms with Crippen LogP contribution in [0.3, 0.4) is 0 Å². The number of nitrogens with zero attached hydrogens (tertiary/aromatic N) is 1. The number of carbonyl (C=O) groups excluding carboxylic acids is 1. The number of hydrogen-bond acceptors (Lipinski definition) is 6. The van der Waals surface area contributed by atoms with E-state index >= 15 is 0 Å². The standard InChI is InChI=1S/C10H18N2O5S2/c1-7(10(11)18)19(14,15)12-3-4-17-8(6-12)5-9(13)16-2/h7-8H,3-6H2,1-2H3,(H2,11,18). The van der Waals surface area contributed by atoms with Crippen molar-refractivity contribution in [3.8, 4) is 0 Å². The predicted molar refractivity (Wildman–Crippen MR) is 73.1 cm³/mol. The van der Waals surface area contributed by atoms with E-state index in [-0.39, 0.29) is 31.1 Å². The van der Waals surface area contributed by atoms with Gasteiger partial charge in [0.15, 0.2) is 0 Å². The first kappa shape index (κ1) is 16.3. The van der Waals surface area contributed by atoms with Crippen LogP contribution in [0.2, 0.25) is 0 Å². The summed E-state index contributed by atoms with van der Waals surface area (Å²) >= 11 is 4.72. The fourth-order valence-electron chi connectivity index (χ4n) is 1.69. The summed E-state index contributed by atoms with van der Waals surface area (Å²) in [6.07, 6.45) is -0.487. The van der Waals surface area contributed by atoms with Gasteiger partial charge in [-0.2, -0.15) is 4.31 Å². The third-order valence-electron chi connectivity index (χ3n) is 2.93. The summed E-state index contributed by atoms with van der Waals surface area (Å²) in [6, 6.07) is 0. The fraction of sp³-hybridized carbons (Fsp3) is 0.800. The number of nitrogens with two attached hydrogens (primary N) is 1. The van der Waals surface area contributed by atoms with Gasteiger partial charge in [0.1, 0.15) is 5.25 Å². The van der Waals surface area contributed by atoms with Crippen LogP contribution in [0.1, 0.15) is 13.3 Å². The monoisotopic (exact) mass is 310 g/mol. The third-order valence-corrected chi connectivity index (χ3v) is 5.63. The summed E-state index contributed by atoms with van der Waals surface area (Å²) in [5.41, 5.74) is 5.39. The second-order valence-electron chi connectivity index (χ2n) is 4.22. The first-order chi connectivity index (χ1) is 8.78. The Kier molecular flexibility index (Phi) is 5.65. The van der Waals surface area contributed by atoms with Gasteiger partial charge in [0, 0.05) is 13.1 Å². The number of rotatable bonds is 5. The number of hydrogen-bond donors (Lipinski definition) is 1. The Morgan fingerprint density at radius 3 is 2.79 bits per heavy atom. The zero-order valence-electron chi connectivity index (χ0n) is 10.9. The Labute approximate surface area is 118 Å². The molecule has 2 atom stereocenters. The van der Waals surface area contributed by atoms with E-state index in [1.807, 2.05) is 0 Å². The number of thiocarbonyl (C=S) groups is 1. The molecule has 1 rings (SSSR count). The quantitative estimate of drug-likeness (QED) is 0.527. The normalized spacial score (nSPS) is 22.7. The van der Waals surface area contributed by atoms with Crippen LogP contribution >= 0.6 is 12.2 Å². The smallest absolute Gasteiger partial charge is 0.308 e. The number of morpholine rings is 1. The van der Waals surface area contributed by atoms with Crippen LogP contribution in [0.5, 0.6) is 0 Å². The molecule has 9 heteroatoms. The van der Waals surface area contributed by atoms with Crippen molar-refractivity contribution in [2.24, 2.45) is 5.73 Å². The molecule has 19 heavy (non-hydrogen) atoms. The summed E-state index contributed by atoms with van der Waals surface area (Å²) in [5, 5.41) is -0.931. The largest absolute Gasteiger partial charge is 0.469 e. The molecule has 2 unspecified atom stereocenters. The van der Waals surface area contributed by atoms with Crippen LogP contribution in [0, 0.1) is 0 Å². The van der Waals surface area contributed by atoms with Crippen LogP contribution < -0.4 is 5.73 Å². The molecule has 0 aromatic rings. The number of sulfonamides is 1. The lowest BCUT2D eigenvalue weighted by Gasteiger charge is -2.33. The first-order valence-corrected chi connectivity index (χ1v) is 7.67. The Morgan fingerprint density at radius 1 is 1.63 bits per heavy atom. The van der Waals surface area contributed by atoms with Crippen molar-refractivity contribution in [2.45, 2.75) is 24.7 Å². The zero-order valence-corrected chi connectivity index (χ0v) is 12.5. The second kappa shape index (κ2) is 6.60. The number of esters is 1. The summed E-state index contributed by atoms with van der Waals surface area (Å²) in [4.78, 5) is 11.1. The number of methoxy groups -OCH3 is 1. The molecule has 0 spiro atoms. The molecule has 1 heterocycles. The molecule has 7 nitrogen and oxygen atoms in total. The van der Waals surface area contributed by atoms with Crippen molar-refractivity contribution in [3.63, 3.8) is 0 Å². The Hall–Kier alpha value is -0.770. The van der Waals surface area contributed by atoms with Crippen molar-refractivity contribution in [2.75, 3.05) is 26.8 Å². The lowest BCUT2D eigenvalue weighted by Crippen LogP contribution is -2.51. The average Bonchev–Trinajstić information content (AvgIpc) is 2.37. The predicted octanol–water partition coefficient (Wildman–Crippen LogP) is -0.745. The third kappa shape index (κ3) is 4.10. The molecular weight excluding hydrogens is 292 g/mol. The number of carbonyl (C=O) groups is 1. The summed E-state index contributed by atoms with van der Waals surface area (Å²) in [7, 11) is -2.33. The van der Waals surface area contributed by atoms with Gasteiger partial charge in [0.25, 0.3) is 0 Å². The highest BCUT2D eigenvalue weighted by Crippen LogP contribution is 2.16. The van der Waals surface area contributed by atoms with Crippen LogP contribution in [-0.2, 0) is 24.3 Å². The molecule has 1 fully saturated rings. The van der Waals surface area contributed by atoms with Gasteiger partial charge in [-0.25, -0.2) is 8.42 Å². The SMILES string of the molecule is COC(=O)CC1CN(S(=O)(=O)C(C)C(N)=S)CCO1. The van der Waals surface area contributed by atoms with Gasteiger partial charge in [-0.05, 0) is 6.92 Å². The average molecular weight is 310 g/mol. The molecular formula is C10H18N2O5S2. The highest BCUT2D eigenvalue weighted by molar-refractivity contribution is 7.92. The van der Waals surface area contributed by atoms with Crippen LogP contribution in [0.4, 0.5) is 0 Å². The summed E-state index contributed by atoms with van der Waals surface area (Å²) < 4.78 is 35.6. The van der Waals surface area contributed by atoms with Crippen molar-refractivity contribution < 1.29 is 22.7 Å². The number of ether oxygens (including phenoxy) is 2. The molecule has 0 amide bonds. The second-order valence-corrected chi connectivity index (χ2v) is 6.95. The van der Waals surface area contributed by atoms with E-state index in [1.54, 1.807) is 0 Å².